The van der Waals surface area contributed by atoms with Gasteiger partial charge < -0.3 is 4.79 Å². The Kier molecular flexibility index (Phi) is 3.52. The molecule has 0 aliphatic heterocycles. The van der Waals surface area contributed by atoms with E-state index in [1.165, 1.54) is 38.4 Å². The highest BCUT2D eigenvalue weighted by Gasteiger charge is 2.32. The molecule has 1 heteroatoms. The maximum atomic E-state index is 11.1. The minimum absolute atomic E-state index is 0.157. The number of rotatable bonds is 2. The van der Waals surface area contributed by atoms with Gasteiger partial charge in [0.15, 0.2) is 0 Å². The quantitative estimate of drug-likeness (QED) is 0.598. The Morgan fingerprint density at radius 2 is 1.69 bits per heavy atom. The first-order valence-corrected chi connectivity index (χ1v) is 5.51. The molecule has 1 unspecified atom stereocenters. The van der Waals surface area contributed by atoms with Crippen molar-refractivity contribution in [1.29, 1.82) is 0 Å². The van der Waals surface area contributed by atoms with Gasteiger partial charge in [-0.15, -0.1) is 0 Å². The summed E-state index contributed by atoms with van der Waals surface area (Å²) in [7, 11) is 0. The Labute approximate surface area is 81.9 Å². The average Bonchev–Trinajstić information content (AvgIpc) is 2.05. The second kappa shape index (κ2) is 4.26. The fraction of sp³-hybridized carbons (Fsp3) is 0.917. The molecule has 1 aliphatic rings. The molecule has 0 aromatic heterocycles. The standard InChI is InChI=1S/C12H22O/c1-12(2,3)11(9-13)10-7-5-4-6-8-10/h9-11H,4-8H2,1-3H3. The Bertz CT molecular complexity index is 160. The summed E-state index contributed by atoms with van der Waals surface area (Å²) in [6.45, 7) is 6.54. The third-order valence-electron chi connectivity index (χ3n) is 3.30. The van der Waals surface area contributed by atoms with Crippen LogP contribution in [-0.2, 0) is 4.79 Å². The zero-order valence-electron chi connectivity index (χ0n) is 9.18. The Hall–Kier alpha value is -0.330. The van der Waals surface area contributed by atoms with Crippen LogP contribution >= 0.6 is 0 Å². The lowest BCUT2D eigenvalue weighted by Crippen LogP contribution is -2.30. The molecule has 13 heavy (non-hydrogen) atoms. The maximum absolute atomic E-state index is 11.1. The highest BCUT2D eigenvalue weighted by atomic mass is 16.1. The minimum atomic E-state index is 0.157. The molecule has 1 aliphatic carbocycles. The molecule has 0 aromatic carbocycles. The van der Waals surface area contributed by atoms with Gasteiger partial charge in [0.05, 0.1) is 0 Å². The number of hydrogen-bond acceptors (Lipinski definition) is 1. The zero-order chi connectivity index (χ0) is 9.90. The maximum Gasteiger partial charge on any atom is 0.123 e. The number of hydrogen-bond donors (Lipinski definition) is 0. The topological polar surface area (TPSA) is 17.1 Å². The van der Waals surface area contributed by atoms with Gasteiger partial charge in [0.1, 0.15) is 6.29 Å². The van der Waals surface area contributed by atoms with Gasteiger partial charge in [-0.25, -0.2) is 0 Å². The first-order valence-electron chi connectivity index (χ1n) is 5.51. The third kappa shape index (κ3) is 2.82. The highest BCUT2D eigenvalue weighted by Crippen LogP contribution is 2.38. The second-order valence-corrected chi connectivity index (χ2v) is 5.43. The summed E-state index contributed by atoms with van der Waals surface area (Å²) < 4.78 is 0. The molecule has 1 atom stereocenters. The number of carbonyl (C=O) groups is 1. The predicted molar refractivity (Wildman–Crippen MR) is 55.6 cm³/mol. The summed E-state index contributed by atoms with van der Waals surface area (Å²) in [6, 6.07) is 0. The molecule has 0 radical (unpaired) electrons. The minimum Gasteiger partial charge on any atom is -0.303 e. The first kappa shape index (κ1) is 10.7. The van der Waals surface area contributed by atoms with Crippen molar-refractivity contribution in [1.82, 2.24) is 0 Å². The van der Waals surface area contributed by atoms with E-state index in [0.717, 1.165) is 0 Å². The summed E-state index contributed by atoms with van der Waals surface area (Å²) in [5.74, 6) is 0.930. The fourth-order valence-corrected chi connectivity index (χ4v) is 2.52. The molecule has 1 nitrogen and oxygen atoms in total. The first-order chi connectivity index (χ1) is 6.05. The molecule has 1 rings (SSSR count). The van der Waals surface area contributed by atoms with Crippen LogP contribution in [0.5, 0.6) is 0 Å². The molecule has 76 valence electrons. The van der Waals surface area contributed by atoms with Crippen LogP contribution in [0.25, 0.3) is 0 Å². The van der Waals surface area contributed by atoms with E-state index in [4.69, 9.17) is 0 Å². The van der Waals surface area contributed by atoms with Gasteiger partial charge in [0, 0.05) is 5.92 Å². The molecule has 1 saturated carbocycles. The summed E-state index contributed by atoms with van der Waals surface area (Å²) >= 11 is 0. The third-order valence-corrected chi connectivity index (χ3v) is 3.30. The molecular formula is C12H22O. The van der Waals surface area contributed by atoms with E-state index in [-0.39, 0.29) is 11.3 Å². The number of carbonyl (C=O) groups excluding carboxylic acids is 1. The fourth-order valence-electron chi connectivity index (χ4n) is 2.52. The van der Waals surface area contributed by atoms with Gasteiger partial charge in [0.25, 0.3) is 0 Å². The van der Waals surface area contributed by atoms with Crippen LogP contribution in [0.2, 0.25) is 0 Å². The summed E-state index contributed by atoms with van der Waals surface area (Å²) in [5, 5.41) is 0. The van der Waals surface area contributed by atoms with Crippen LogP contribution in [0, 0.1) is 17.3 Å². The van der Waals surface area contributed by atoms with Crippen molar-refractivity contribution in [2.75, 3.05) is 0 Å². The van der Waals surface area contributed by atoms with Crippen LogP contribution in [-0.4, -0.2) is 6.29 Å². The zero-order valence-corrected chi connectivity index (χ0v) is 9.18. The molecule has 0 saturated heterocycles. The molecule has 0 aromatic rings. The molecule has 1 fully saturated rings. The van der Waals surface area contributed by atoms with Crippen LogP contribution in [0.1, 0.15) is 52.9 Å². The molecule has 0 bridgehead atoms. The Balaban J connectivity index is 2.59. The summed E-state index contributed by atoms with van der Waals surface area (Å²) in [6.07, 6.45) is 7.74. The molecule has 0 heterocycles. The summed E-state index contributed by atoms with van der Waals surface area (Å²) in [5.41, 5.74) is 0.157. The van der Waals surface area contributed by atoms with E-state index < -0.39 is 0 Å². The Morgan fingerprint density at radius 3 is 2.08 bits per heavy atom. The van der Waals surface area contributed by atoms with Gasteiger partial charge in [-0.3, -0.25) is 0 Å². The van der Waals surface area contributed by atoms with Gasteiger partial charge in [-0.2, -0.15) is 0 Å². The molecule has 0 N–H and O–H groups in total. The lowest BCUT2D eigenvalue weighted by molar-refractivity contribution is -0.116. The van der Waals surface area contributed by atoms with Crippen molar-refractivity contribution in [3.63, 3.8) is 0 Å². The monoisotopic (exact) mass is 182 g/mol. The van der Waals surface area contributed by atoms with Crippen molar-refractivity contribution >= 4 is 6.29 Å². The van der Waals surface area contributed by atoms with Crippen molar-refractivity contribution < 1.29 is 4.79 Å². The average molecular weight is 182 g/mol. The van der Waals surface area contributed by atoms with Crippen LogP contribution in [0.3, 0.4) is 0 Å². The second-order valence-electron chi connectivity index (χ2n) is 5.43. The van der Waals surface area contributed by atoms with Gasteiger partial charge in [-0.1, -0.05) is 40.0 Å². The van der Waals surface area contributed by atoms with Crippen LogP contribution in [0.15, 0.2) is 0 Å². The van der Waals surface area contributed by atoms with Crippen molar-refractivity contribution in [3.8, 4) is 0 Å². The predicted octanol–water partition coefficient (Wildman–Crippen LogP) is 3.43. The van der Waals surface area contributed by atoms with Crippen molar-refractivity contribution in [2.24, 2.45) is 17.3 Å². The van der Waals surface area contributed by atoms with Crippen LogP contribution < -0.4 is 0 Å². The number of aldehydes is 1. The Morgan fingerprint density at radius 1 is 1.15 bits per heavy atom. The lowest BCUT2D eigenvalue weighted by atomic mass is 9.69. The smallest absolute Gasteiger partial charge is 0.123 e. The molecule has 0 amide bonds. The van der Waals surface area contributed by atoms with E-state index in [1.54, 1.807) is 0 Å². The summed E-state index contributed by atoms with van der Waals surface area (Å²) in [4.78, 5) is 11.1. The normalized spacial score (nSPS) is 22.7. The van der Waals surface area contributed by atoms with Gasteiger partial charge >= 0.3 is 0 Å². The van der Waals surface area contributed by atoms with E-state index in [0.29, 0.717) is 5.92 Å². The van der Waals surface area contributed by atoms with Gasteiger partial charge in [0.2, 0.25) is 0 Å². The largest absolute Gasteiger partial charge is 0.303 e. The van der Waals surface area contributed by atoms with E-state index in [2.05, 4.69) is 20.8 Å². The van der Waals surface area contributed by atoms with E-state index >= 15 is 0 Å². The van der Waals surface area contributed by atoms with Crippen LogP contribution in [0.4, 0.5) is 0 Å². The van der Waals surface area contributed by atoms with Crippen molar-refractivity contribution in [3.05, 3.63) is 0 Å². The molecule has 0 spiro atoms. The molecular weight excluding hydrogens is 160 g/mol. The SMILES string of the molecule is CC(C)(C)C(C=O)C1CCCCC1. The lowest BCUT2D eigenvalue weighted by Gasteiger charge is -2.35. The van der Waals surface area contributed by atoms with Crippen molar-refractivity contribution in [2.45, 2.75) is 52.9 Å². The van der Waals surface area contributed by atoms with E-state index in [9.17, 15) is 4.79 Å². The van der Waals surface area contributed by atoms with Gasteiger partial charge in [-0.05, 0) is 24.2 Å². The van der Waals surface area contributed by atoms with E-state index in [1.807, 2.05) is 0 Å². The highest BCUT2D eigenvalue weighted by molar-refractivity contribution is 5.55.